The normalized spacial score (nSPS) is 25.2. The Morgan fingerprint density at radius 1 is 1.14 bits per heavy atom. The van der Waals surface area contributed by atoms with Gasteiger partial charge in [-0.15, -0.1) is 0 Å². The molecule has 2 bridgehead atoms. The lowest BCUT2D eigenvalue weighted by Gasteiger charge is -2.45. The number of rotatable bonds is 8. The van der Waals surface area contributed by atoms with Gasteiger partial charge < -0.3 is 19.0 Å². The number of amides is 1. The maximum Gasteiger partial charge on any atom is 0.280 e. The van der Waals surface area contributed by atoms with Crippen LogP contribution in [0.4, 0.5) is 5.95 Å². The first-order valence-electron chi connectivity index (χ1n) is 14.9. The molecule has 0 radical (unpaired) electrons. The number of imidazole rings is 1. The molecule has 0 spiro atoms. The van der Waals surface area contributed by atoms with E-state index < -0.39 is 44.0 Å². The average Bonchev–Trinajstić information content (AvgIpc) is 3.61. The molecule has 2 aliphatic rings. The zero-order chi connectivity index (χ0) is 31.4. The summed E-state index contributed by atoms with van der Waals surface area (Å²) >= 11 is 0. The van der Waals surface area contributed by atoms with E-state index in [1.54, 1.807) is 18.4 Å². The fraction of sp³-hybridized carbons (Fsp3) is 0.438. The Bertz CT molecular complexity index is 1680. The van der Waals surface area contributed by atoms with Gasteiger partial charge in [0.15, 0.2) is 17.4 Å². The van der Waals surface area contributed by atoms with Crippen LogP contribution < -0.4 is 21.2 Å². The largest absolute Gasteiger partial charge is 0.404 e. The minimum Gasteiger partial charge on any atom is -0.404 e. The van der Waals surface area contributed by atoms with E-state index in [1.807, 2.05) is 43.3 Å². The van der Waals surface area contributed by atoms with Gasteiger partial charge in [0.25, 0.3) is 13.9 Å². The summed E-state index contributed by atoms with van der Waals surface area (Å²) in [7, 11) is -2.96. The first-order valence-corrected chi connectivity index (χ1v) is 16.8. The standard InChI is InChI=1S/C32H39N5O6Si/c1-19(2)27(39)35-30-34-26-23(28(40)36-30)33-18-37(26)29-24-25(38)32(43-29,20(3)42-24)17-41-44(31(4,5)6,21-13-9-7-10-14-21)22-15-11-8-12-16-22/h7-16,18-20,24-25,29,38H,17H2,1-6H3,(H2,34,35,36,39,40)/t20?,24-,25+,29-,32+/m1/s1. The summed E-state index contributed by atoms with van der Waals surface area (Å²) in [6.45, 7) is 12.0. The van der Waals surface area contributed by atoms with E-state index in [0.29, 0.717) is 0 Å². The third-order valence-electron chi connectivity index (χ3n) is 8.89. The van der Waals surface area contributed by atoms with Crippen molar-refractivity contribution in [1.82, 2.24) is 19.5 Å². The van der Waals surface area contributed by atoms with Crippen LogP contribution in [0, 0.1) is 5.92 Å². The monoisotopic (exact) mass is 617 g/mol. The molecule has 44 heavy (non-hydrogen) atoms. The van der Waals surface area contributed by atoms with Gasteiger partial charge in [0.1, 0.15) is 17.8 Å². The lowest BCUT2D eigenvalue weighted by Crippen LogP contribution is -2.68. The first kappa shape index (κ1) is 30.3. The Kier molecular flexibility index (Phi) is 7.61. The number of hydrogen-bond acceptors (Lipinski definition) is 8. The predicted molar refractivity (Wildman–Crippen MR) is 168 cm³/mol. The second-order valence-corrected chi connectivity index (χ2v) is 17.3. The summed E-state index contributed by atoms with van der Waals surface area (Å²) in [5, 5.41) is 16.3. The Labute approximate surface area is 256 Å². The fourth-order valence-corrected chi connectivity index (χ4v) is 11.1. The van der Waals surface area contributed by atoms with E-state index in [1.165, 1.54) is 6.33 Å². The molecule has 2 saturated heterocycles. The summed E-state index contributed by atoms with van der Waals surface area (Å²) < 4.78 is 21.8. The molecule has 5 atom stereocenters. The molecule has 1 unspecified atom stereocenters. The van der Waals surface area contributed by atoms with Crippen LogP contribution in [0.15, 0.2) is 71.8 Å². The van der Waals surface area contributed by atoms with E-state index in [9.17, 15) is 14.7 Å². The van der Waals surface area contributed by atoms with Gasteiger partial charge in [-0.3, -0.25) is 24.5 Å². The maximum atomic E-state index is 12.8. The number of aromatic amines is 1. The highest BCUT2D eigenvalue weighted by molar-refractivity contribution is 6.99. The van der Waals surface area contributed by atoms with Crippen LogP contribution in [-0.2, 0) is 18.7 Å². The highest BCUT2D eigenvalue weighted by Crippen LogP contribution is 2.50. The Hall–Kier alpha value is -3.68. The minimum absolute atomic E-state index is 0.00525. The number of ether oxygens (including phenoxy) is 2. The Morgan fingerprint density at radius 3 is 2.32 bits per heavy atom. The van der Waals surface area contributed by atoms with Crippen molar-refractivity contribution in [3.63, 3.8) is 0 Å². The van der Waals surface area contributed by atoms with Crippen LogP contribution in [0.3, 0.4) is 0 Å². The number of H-pyrrole nitrogens is 1. The number of fused-ring (bicyclic) bond motifs is 3. The second kappa shape index (κ2) is 11.0. The molecule has 2 aliphatic heterocycles. The van der Waals surface area contributed by atoms with Gasteiger partial charge in [0, 0.05) is 5.92 Å². The van der Waals surface area contributed by atoms with E-state index >= 15 is 0 Å². The Morgan fingerprint density at radius 2 is 1.75 bits per heavy atom. The van der Waals surface area contributed by atoms with E-state index in [4.69, 9.17) is 13.9 Å². The number of benzene rings is 2. The third-order valence-corrected chi connectivity index (χ3v) is 13.9. The van der Waals surface area contributed by atoms with Crippen LogP contribution in [0.2, 0.25) is 5.04 Å². The zero-order valence-electron chi connectivity index (χ0n) is 25.8. The maximum absolute atomic E-state index is 12.8. The van der Waals surface area contributed by atoms with Crippen molar-refractivity contribution in [2.24, 2.45) is 5.92 Å². The number of aliphatic hydroxyl groups excluding tert-OH is 1. The van der Waals surface area contributed by atoms with E-state index in [0.717, 1.165) is 10.4 Å². The Balaban J connectivity index is 1.38. The lowest BCUT2D eigenvalue weighted by atomic mass is 9.94. The highest BCUT2D eigenvalue weighted by atomic mass is 28.4. The number of carbonyl (C=O) groups is 1. The van der Waals surface area contributed by atoms with E-state index in [-0.39, 0.29) is 40.6 Å². The van der Waals surface area contributed by atoms with Gasteiger partial charge >= 0.3 is 0 Å². The molecule has 2 aromatic carbocycles. The lowest BCUT2D eigenvalue weighted by molar-refractivity contribution is -0.214. The molecular weight excluding hydrogens is 578 g/mol. The van der Waals surface area contributed by atoms with Crippen molar-refractivity contribution in [2.75, 3.05) is 11.9 Å². The zero-order valence-corrected chi connectivity index (χ0v) is 26.8. The summed E-state index contributed by atoms with van der Waals surface area (Å²) in [4.78, 5) is 36.5. The summed E-state index contributed by atoms with van der Waals surface area (Å²) in [5.74, 6) is -0.595. The third kappa shape index (κ3) is 4.72. The fourth-order valence-electron chi connectivity index (χ4n) is 6.49. The molecule has 0 saturated carbocycles. The van der Waals surface area contributed by atoms with Gasteiger partial charge in [-0.1, -0.05) is 95.3 Å². The number of aliphatic hydroxyl groups is 1. The summed E-state index contributed by atoms with van der Waals surface area (Å²) in [6, 6.07) is 20.6. The molecule has 12 heteroatoms. The van der Waals surface area contributed by atoms with Crippen LogP contribution in [-0.4, -0.2) is 69.4 Å². The van der Waals surface area contributed by atoms with Crippen molar-refractivity contribution in [1.29, 1.82) is 0 Å². The number of aromatic nitrogens is 4. The van der Waals surface area contributed by atoms with Crippen molar-refractivity contribution in [2.45, 2.75) is 76.7 Å². The molecule has 4 heterocycles. The molecule has 232 valence electrons. The van der Waals surface area contributed by atoms with Crippen LogP contribution >= 0.6 is 0 Å². The molecule has 4 aromatic rings. The second-order valence-electron chi connectivity index (χ2n) is 13.0. The molecule has 2 fully saturated rings. The molecule has 0 aliphatic carbocycles. The SMILES string of the molecule is CC(C)C(=O)Nc1nc2c(ncn2[C@@H]2O[C@@]3(CO[Si](c4ccccc4)(c4ccccc4)C(C)(C)C)C(C)O[C@@H]2[C@@H]3O)c(=O)[nH]1. The quantitative estimate of drug-likeness (QED) is 0.257. The summed E-state index contributed by atoms with van der Waals surface area (Å²) in [6.07, 6.45) is -1.66. The van der Waals surface area contributed by atoms with Gasteiger partial charge in [0.2, 0.25) is 11.9 Å². The van der Waals surface area contributed by atoms with Gasteiger partial charge in [-0.2, -0.15) is 4.98 Å². The van der Waals surface area contributed by atoms with Crippen molar-refractivity contribution < 1.29 is 23.8 Å². The van der Waals surface area contributed by atoms with Gasteiger partial charge in [0.05, 0.1) is 19.0 Å². The minimum atomic E-state index is -2.96. The molecule has 1 amide bonds. The molecule has 11 nitrogen and oxygen atoms in total. The van der Waals surface area contributed by atoms with Crippen molar-refractivity contribution in [3.8, 4) is 0 Å². The molecule has 6 rings (SSSR count). The topological polar surface area (TPSA) is 141 Å². The smallest absolute Gasteiger partial charge is 0.280 e. The van der Waals surface area contributed by atoms with Crippen molar-refractivity contribution >= 4 is 41.7 Å². The number of carbonyl (C=O) groups excluding carboxylic acids is 1. The number of hydrogen-bond donors (Lipinski definition) is 3. The number of nitrogens with one attached hydrogen (secondary N) is 2. The summed E-state index contributed by atoms with van der Waals surface area (Å²) in [5.41, 5.74) is -1.42. The van der Waals surface area contributed by atoms with Crippen LogP contribution in [0.1, 0.15) is 47.8 Å². The molecule has 3 N–H and O–H groups in total. The molecular formula is C32H39N5O6Si. The average molecular weight is 618 g/mol. The van der Waals surface area contributed by atoms with Crippen molar-refractivity contribution in [3.05, 3.63) is 77.3 Å². The predicted octanol–water partition coefficient (Wildman–Crippen LogP) is 2.71. The van der Waals surface area contributed by atoms with E-state index in [2.05, 4.69) is 65.3 Å². The number of nitrogens with zero attached hydrogens (tertiary/aromatic N) is 3. The highest BCUT2D eigenvalue weighted by Gasteiger charge is 2.67. The number of anilines is 1. The molecule has 2 aromatic heterocycles. The van der Waals surface area contributed by atoms with Crippen LogP contribution in [0.5, 0.6) is 0 Å². The van der Waals surface area contributed by atoms with Gasteiger partial charge in [-0.05, 0) is 22.3 Å². The van der Waals surface area contributed by atoms with Crippen LogP contribution in [0.25, 0.3) is 11.2 Å². The first-order chi connectivity index (χ1) is 20.9. The van der Waals surface area contributed by atoms with Gasteiger partial charge in [-0.25, -0.2) is 4.98 Å².